The lowest BCUT2D eigenvalue weighted by atomic mass is 9.83. The number of nitro groups is 1. The van der Waals surface area contributed by atoms with E-state index >= 15 is 0 Å². The van der Waals surface area contributed by atoms with E-state index in [1.54, 1.807) is 0 Å². The first-order valence-electron chi connectivity index (χ1n) is 4.93. The predicted molar refractivity (Wildman–Crippen MR) is 51.7 cm³/mol. The summed E-state index contributed by atoms with van der Waals surface area (Å²) in [6, 6.07) is 0. The molecule has 0 aromatic heterocycles. The van der Waals surface area contributed by atoms with Crippen LogP contribution < -0.4 is 0 Å². The molecule has 0 amide bonds. The maximum atomic E-state index is 11.2. The second-order valence-corrected chi connectivity index (χ2v) is 4.67. The average Bonchev–Trinajstić information content (AvgIpc) is 2.53. The maximum Gasteiger partial charge on any atom is 0.271 e. The van der Waals surface area contributed by atoms with Gasteiger partial charge in [-0.05, 0) is 26.7 Å². The van der Waals surface area contributed by atoms with Crippen molar-refractivity contribution in [2.24, 2.45) is 0 Å². The Hall–Kier alpha value is -0.900. The Kier molecular flexibility index (Phi) is 1.77. The second kappa shape index (κ2) is 2.57. The van der Waals surface area contributed by atoms with Crippen LogP contribution in [0, 0.1) is 10.1 Å². The van der Waals surface area contributed by atoms with Gasteiger partial charge in [-0.1, -0.05) is 6.58 Å². The number of ether oxygens (including phenoxy) is 1. The number of nitrogens with zero attached hydrogens (tertiary/aromatic N) is 1. The maximum absolute atomic E-state index is 11.2. The van der Waals surface area contributed by atoms with Crippen molar-refractivity contribution in [2.75, 3.05) is 0 Å². The fraction of sp³-hybridized carbons (Fsp3) is 0.800. The molecule has 0 aromatic carbocycles. The topological polar surface area (TPSA) is 52.4 Å². The van der Waals surface area contributed by atoms with Gasteiger partial charge in [0, 0.05) is 16.9 Å². The zero-order chi connectivity index (χ0) is 10.6. The van der Waals surface area contributed by atoms with Gasteiger partial charge in [-0.3, -0.25) is 10.1 Å². The molecule has 78 valence electrons. The smallest absolute Gasteiger partial charge is 0.271 e. The van der Waals surface area contributed by atoms with E-state index in [-0.39, 0.29) is 11.0 Å². The lowest BCUT2D eigenvalue weighted by Crippen LogP contribution is -2.43. The SMILES string of the molecule is C=C1C(C)(C)O[C@H]2CCC[C@@]12[N+](=O)[O-]. The standard InChI is InChI=1S/C10H15NO3/c1-7-9(2,3)14-8-5-4-6-10(7,8)11(12)13/h8H,1,4-6H2,2-3H3/t8-,10+/m0/s1. The van der Waals surface area contributed by atoms with Gasteiger partial charge in [0.05, 0.1) is 5.60 Å². The molecular formula is C10H15NO3. The Balaban J connectivity index is 2.46. The minimum atomic E-state index is -0.997. The van der Waals surface area contributed by atoms with Crippen molar-refractivity contribution < 1.29 is 9.66 Å². The Morgan fingerprint density at radius 1 is 1.64 bits per heavy atom. The van der Waals surface area contributed by atoms with Gasteiger partial charge in [-0.15, -0.1) is 0 Å². The summed E-state index contributed by atoms with van der Waals surface area (Å²) in [7, 11) is 0. The van der Waals surface area contributed by atoms with Gasteiger partial charge >= 0.3 is 0 Å². The Morgan fingerprint density at radius 2 is 2.29 bits per heavy atom. The molecule has 4 heteroatoms. The summed E-state index contributed by atoms with van der Waals surface area (Å²) in [5.41, 5.74) is -0.903. The first kappa shape index (κ1) is 9.65. The zero-order valence-corrected chi connectivity index (χ0v) is 8.58. The van der Waals surface area contributed by atoms with E-state index in [1.165, 1.54) is 0 Å². The molecule has 0 radical (unpaired) electrons. The summed E-state index contributed by atoms with van der Waals surface area (Å²) < 4.78 is 5.71. The third kappa shape index (κ3) is 0.919. The normalized spacial score (nSPS) is 39.9. The number of hydrogen-bond donors (Lipinski definition) is 0. The van der Waals surface area contributed by atoms with Gasteiger partial charge in [0.25, 0.3) is 5.54 Å². The molecule has 2 rings (SSSR count). The molecule has 0 N–H and O–H groups in total. The number of hydrogen-bond acceptors (Lipinski definition) is 3. The van der Waals surface area contributed by atoms with Crippen LogP contribution in [-0.4, -0.2) is 22.2 Å². The van der Waals surface area contributed by atoms with E-state index in [1.807, 2.05) is 13.8 Å². The van der Waals surface area contributed by atoms with E-state index in [2.05, 4.69) is 6.58 Å². The first-order chi connectivity index (χ1) is 6.41. The molecule has 1 saturated heterocycles. The van der Waals surface area contributed by atoms with Gasteiger partial charge < -0.3 is 4.74 Å². The highest BCUT2D eigenvalue weighted by molar-refractivity contribution is 5.31. The third-order valence-electron chi connectivity index (χ3n) is 3.57. The van der Waals surface area contributed by atoms with Crippen LogP contribution in [0.25, 0.3) is 0 Å². The van der Waals surface area contributed by atoms with Crippen molar-refractivity contribution in [3.05, 3.63) is 22.3 Å². The van der Waals surface area contributed by atoms with Gasteiger partial charge in [0.15, 0.2) is 0 Å². The molecule has 2 aliphatic rings. The van der Waals surface area contributed by atoms with Crippen molar-refractivity contribution in [1.82, 2.24) is 0 Å². The molecule has 0 spiro atoms. The van der Waals surface area contributed by atoms with E-state index in [9.17, 15) is 10.1 Å². The molecule has 1 aliphatic carbocycles. The van der Waals surface area contributed by atoms with Crippen molar-refractivity contribution in [3.63, 3.8) is 0 Å². The van der Waals surface area contributed by atoms with Crippen molar-refractivity contribution >= 4 is 0 Å². The van der Waals surface area contributed by atoms with Gasteiger partial charge in [-0.25, -0.2) is 0 Å². The summed E-state index contributed by atoms with van der Waals surface area (Å²) in [5, 5.41) is 11.2. The molecule has 4 nitrogen and oxygen atoms in total. The average molecular weight is 197 g/mol. The van der Waals surface area contributed by atoms with Crippen LogP contribution in [0.15, 0.2) is 12.2 Å². The van der Waals surface area contributed by atoms with Gasteiger partial charge in [-0.2, -0.15) is 0 Å². The highest BCUT2D eigenvalue weighted by Crippen LogP contribution is 2.51. The zero-order valence-electron chi connectivity index (χ0n) is 8.58. The van der Waals surface area contributed by atoms with Crippen LogP contribution in [0.5, 0.6) is 0 Å². The molecule has 0 aromatic rings. The van der Waals surface area contributed by atoms with Gasteiger partial charge in [0.2, 0.25) is 0 Å². The van der Waals surface area contributed by atoms with Crippen molar-refractivity contribution in [2.45, 2.75) is 50.4 Å². The van der Waals surface area contributed by atoms with E-state index < -0.39 is 11.1 Å². The quantitative estimate of drug-likeness (QED) is 0.366. The molecule has 14 heavy (non-hydrogen) atoms. The number of fused-ring (bicyclic) bond motifs is 1. The highest BCUT2D eigenvalue weighted by Gasteiger charge is 2.66. The van der Waals surface area contributed by atoms with Crippen LogP contribution in [0.3, 0.4) is 0 Å². The lowest BCUT2D eigenvalue weighted by molar-refractivity contribution is -0.561. The summed E-state index contributed by atoms with van der Waals surface area (Å²) in [6.45, 7) is 7.60. The largest absolute Gasteiger partial charge is 0.360 e. The molecular weight excluding hydrogens is 182 g/mol. The highest BCUT2D eigenvalue weighted by atomic mass is 16.6. The summed E-state index contributed by atoms with van der Waals surface area (Å²) in [4.78, 5) is 11.0. The molecule has 2 atom stereocenters. The van der Waals surface area contributed by atoms with E-state index in [0.29, 0.717) is 12.0 Å². The van der Waals surface area contributed by atoms with Crippen LogP contribution in [-0.2, 0) is 4.74 Å². The Morgan fingerprint density at radius 3 is 2.79 bits per heavy atom. The third-order valence-corrected chi connectivity index (χ3v) is 3.57. The Bertz CT molecular complexity index is 310. The fourth-order valence-corrected chi connectivity index (χ4v) is 2.73. The van der Waals surface area contributed by atoms with Crippen molar-refractivity contribution in [3.8, 4) is 0 Å². The number of rotatable bonds is 1. The minimum Gasteiger partial charge on any atom is -0.360 e. The van der Waals surface area contributed by atoms with Crippen LogP contribution in [0.1, 0.15) is 33.1 Å². The molecule has 1 saturated carbocycles. The summed E-state index contributed by atoms with van der Waals surface area (Å²) in [5.74, 6) is 0. The van der Waals surface area contributed by atoms with Crippen LogP contribution in [0.2, 0.25) is 0 Å². The molecule has 2 fully saturated rings. The fourth-order valence-electron chi connectivity index (χ4n) is 2.73. The minimum absolute atomic E-state index is 0.193. The van der Waals surface area contributed by atoms with Crippen LogP contribution >= 0.6 is 0 Å². The summed E-state index contributed by atoms with van der Waals surface area (Å²) in [6.07, 6.45) is 1.96. The van der Waals surface area contributed by atoms with E-state index in [4.69, 9.17) is 4.74 Å². The molecule has 1 aliphatic heterocycles. The monoisotopic (exact) mass is 197 g/mol. The van der Waals surface area contributed by atoms with Crippen LogP contribution in [0.4, 0.5) is 0 Å². The second-order valence-electron chi connectivity index (χ2n) is 4.67. The molecule has 0 unspecified atom stereocenters. The molecule has 1 heterocycles. The Labute approximate surface area is 83.1 Å². The van der Waals surface area contributed by atoms with E-state index in [0.717, 1.165) is 12.8 Å². The first-order valence-corrected chi connectivity index (χ1v) is 4.93. The van der Waals surface area contributed by atoms with Crippen molar-refractivity contribution in [1.29, 1.82) is 0 Å². The predicted octanol–water partition coefficient (Wildman–Crippen LogP) is 1.92. The molecule has 0 bridgehead atoms. The van der Waals surface area contributed by atoms with Gasteiger partial charge in [0.1, 0.15) is 6.10 Å². The summed E-state index contributed by atoms with van der Waals surface area (Å²) >= 11 is 0. The lowest BCUT2D eigenvalue weighted by Gasteiger charge is -2.21.